The number of ether oxygens (including phenoxy) is 1. The van der Waals surface area contributed by atoms with E-state index in [2.05, 4.69) is 66.8 Å². The fourth-order valence-corrected chi connectivity index (χ4v) is 5.48. The Morgan fingerprint density at radius 1 is 0.943 bits per heavy atom. The number of aromatic carboxylic acids is 1. The van der Waals surface area contributed by atoms with Gasteiger partial charge >= 0.3 is 12.1 Å². The highest BCUT2D eigenvalue weighted by atomic mass is 79.9. The monoisotopic (exact) mass is 600 g/mol. The third kappa shape index (κ3) is 5.74. The zero-order valence-electron chi connectivity index (χ0n) is 18.5. The van der Waals surface area contributed by atoms with Gasteiger partial charge in [0.05, 0.1) is 11.3 Å². The molecule has 0 atom stereocenters. The van der Waals surface area contributed by atoms with Crippen molar-refractivity contribution in [2.45, 2.75) is 18.8 Å². The molecule has 1 aliphatic carbocycles. The van der Waals surface area contributed by atoms with Crippen molar-refractivity contribution in [2.75, 3.05) is 18.5 Å². The third-order valence-electron chi connectivity index (χ3n) is 5.74. The van der Waals surface area contributed by atoms with Crippen LogP contribution in [0.4, 0.5) is 10.5 Å². The van der Waals surface area contributed by atoms with Gasteiger partial charge < -0.3 is 20.5 Å². The number of fused-ring (bicyclic) bond motifs is 3. The Morgan fingerprint density at radius 3 is 2.20 bits per heavy atom. The molecule has 0 heterocycles. The average Bonchev–Trinajstić information content (AvgIpc) is 3.15. The lowest BCUT2D eigenvalue weighted by molar-refractivity contribution is -0.116. The maximum atomic E-state index is 12.3. The molecule has 0 fully saturated rings. The number of hydrogen-bond acceptors (Lipinski definition) is 4. The van der Waals surface area contributed by atoms with Crippen molar-refractivity contribution in [3.8, 4) is 11.1 Å². The van der Waals surface area contributed by atoms with Crippen LogP contribution in [-0.4, -0.2) is 36.2 Å². The van der Waals surface area contributed by atoms with Crippen LogP contribution in [0.3, 0.4) is 0 Å². The molecule has 0 saturated carbocycles. The van der Waals surface area contributed by atoms with Crippen molar-refractivity contribution in [1.29, 1.82) is 0 Å². The lowest BCUT2D eigenvalue weighted by Gasteiger charge is -2.14. The van der Waals surface area contributed by atoms with Gasteiger partial charge in [-0.15, -0.1) is 0 Å². The van der Waals surface area contributed by atoms with Crippen LogP contribution >= 0.6 is 31.9 Å². The normalized spacial score (nSPS) is 11.9. The molecule has 3 aromatic rings. The molecule has 0 saturated heterocycles. The Kier molecular flexibility index (Phi) is 7.87. The van der Waals surface area contributed by atoms with E-state index in [9.17, 15) is 19.5 Å². The first-order valence-corrected chi connectivity index (χ1v) is 12.5. The van der Waals surface area contributed by atoms with Gasteiger partial charge in [0.1, 0.15) is 6.61 Å². The fourth-order valence-electron chi connectivity index (χ4n) is 4.16. The van der Waals surface area contributed by atoms with E-state index in [1.165, 1.54) is 6.07 Å². The maximum Gasteiger partial charge on any atom is 0.407 e. The second kappa shape index (κ2) is 11.0. The summed E-state index contributed by atoms with van der Waals surface area (Å²) in [5.41, 5.74) is 4.75. The molecular weight excluding hydrogens is 580 g/mol. The summed E-state index contributed by atoms with van der Waals surface area (Å²) in [5, 5.41) is 14.7. The molecule has 3 aromatic carbocycles. The van der Waals surface area contributed by atoms with Gasteiger partial charge in [-0.05, 0) is 56.7 Å². The number of carboxylic acids is 1. The number of carbonyl (C=O) groups is 3. The minimum Gasteiger partial charge on any atom is -0.478 e. The van der Waals surface area contributed by atoms with Crippen LogP contribution in [0.5, 0.6) is 0 Å². The molecule has 9 heteroatoms. The van der Waals surface area contributed by atoms with Crippen LogP contribution in [0.2, 0.25) is 0 Å². The second-order valence-electron chi connectivity index (χ2n) is 8.02. The second-order valence-corrected chi connectivity index (χ2v) is 9.79. The molecule has 0 radical (unpaired) electrons. The van der Waals surface area contributed by atoms with Gasteiger partial charge in [-0.2, -0.15) is 0 Å². The van der Waals surface area contributed by atoms with Crippen LogP contribution in [0, 0.1) is 0 Å². The highest BCUT2D eigenvalue weighted by Crippen LogP contribution is 2.44. The standard InChI is InChI=1S/C26H22Br2N2O5/c27-15-12-20(25(32)33)24(22(28)13-15)30-23(31)10-5-11-29-26(34)35-14-21-18-8-3-1-6-16(18)17-7-2-4-9-19(17)21/h1-4,6-9,12-13,21H,5,10-11,14H2,(H,29,34)(H,30,31)(H,32,33). The Morgan fingerprint density at radius 2 is 1.57 bits per heavy atom. The topological polar surface area (TPSA) is 105 Å². The molecule has 0 aliphatic heterocycles. The first kappa shape index (κ1) is 24.9. The van der Waals surface area contributed by atoms with E-state index < -0.39 is 12.1 Å². The Labute approximate surface area is 219 Å². The number of carbonyl (C=O) groups excluding carboxylic acids is 2. The summed E-state index contributed by atoms with van der Waals surface area (Å²) < 4.78 is 6.51. The van der Waals surface area contributed by atoms with Gasteiger partial charge in [-0.25, -0.2) is 9.59 Å². The predicted molar refractivity (Wildman–Crippen MR) is 140 cm³/mol. The summed E-state index contributed by atoms with van der Waals surface area (Å²) in [5.74, 6) is -1.53. The summed E-state index contributed by atoms with van der Waals surface area (Å²) >= 11 is 6.52. The number of carboxylic acid groups (broad SMARTS) is 1. The van der Waals surface area contributed by atoms with Crippen LogP contribution in [0.1, 0.15) is 40.2 Å². The number of halogens is 2. The van der Waals surface area contributed by atoms with E-state index in [1.54, 1.807) is 6.07 Å². The quantitative estimate of drug-likeness (QED) is 0.268. The molecule has 180 valence electrons. The highest BCUT2D eigenvalue weighted by molar-refractivity contribution is 9.11. The summed E-state index contributed by atoms with van der Waals surface area (Å²) in [6, 6.07) is 19.3. The Balaban J connectivity index is 1.25. The molecular formula is C26H22Br2N2O5. The zero-order valence-corrected chi connectivity index (χ0v) is 21.7. The van der Waals surface area contributed by atoms with Gasteiger partial charge in [0.25, 0.3) is 0 Å². The van der Waals surface area contributed by atoms with E-state index in [-0.39, 0.29) is 42.6 Å². The molecule has 1 aliphatic rings. The van der Waals surface area contributed by atoms with Crippen LogP contribution in [0.15, 0.2) is 69.6 Å². The first-order valence-electron chi connectivity index (χ1n) is 11.0. The molecule has 35 heavy (non-hydrogen) atoms. The highest BCUT2D eigenvalue weighted by Gasteiger charge is 2.29. The lowest BCUT2D eigenvalue weighted by Crippen LogP contribution is -2.27. The molecule has 0 aromatic heterocycles. The minimum absolute atomic E-state index is 0.0216. The van der Waals surface area contributed by atoms with Crippen LogP contribution in [-0.2, 0) is 9.53 Å². The van der Waals surface area contributed by atoms with Gasteiger partial charge in [0, 0.05) is 27.8 Å². The SMILES string of the molecule is O=C(CCCNC(=O)OCC1c2ccccc2-c2ccccc21)Nc1c(Br)cc(Br)cc1C(=O)O. The number of hydrogen-bond donors (Lipinski definition) is 3. The van der Waals surface area contributed by atoms with Crippen molar-refractivity contribution < 1.29 is 24.2 Å². The summed E-state index contributed by atoms with van der Waals surface area (Å²) in [7, 11) is 0. The Hall–Kier alpha value is -3.17. The molecule has 0 unspecified atom stereocenters. The number of amides is 2. The number of anilines is 1. The number of nitrogens with one attached hydrogen (secondary N) is 2. The predicted octanol–water partition coefficient (Wildman–Crippen LogP) is 6.17. The number of benzene rings is 3. The minimum atomic E-state index is -1.15. The van der Waals surface area contributed by atoms with Gasteiger partial charge in [0.2, 0.25) is 5.91 Å². The molecule has 0 bridgehead atoms. The molecule has 7 nitrogen and oxygen atoms in total. The van der Waals surface area contributed by atoms with E-state index in [0.29, 0.717) is 15.4 Å². The summed E-state index contributed by atoms with van der Waals surface area (Å²) in [4.78, 5) is 36.0. The molecule has 4 rings (SSSR count). The van der Waals surface area contributed by atoms with Gasteiger partial charge in [-0.1, -0.05) is 64.5 Å². The fraction of sp³-hybridized carbons (Fsp3) is 0.192. The van der Waals surface area contributed by atoms with E-state index in [0.717, 1.165) is 22.3 Å². The smallest absolute Gasteiger partial charge is 0.407 e. The zero-order chi connectivity index (χ0) is 24.9. The summed E-state index contributed by atoms with van der Waals surface area (Å²) in [6.07, 6.45) is -0.0753. The van der Waals surface area contributed by atoms with Crippen molar-refractivity contribution in [1.82, 2.24) is 5.32 Å². The van der Waals surface area contributed by atoms with Crippen molar-refractivity contribution >= 4 is 55.5 Å². The average molecular weight is 602 g/mol. The third-order valence-corrected chi connectivity index (χ3v) is 6.83. The number of rotatable bonds is 8. The largest absolute Gasteiger partial charge is 0.478 e. The summed E-state index contributed by atoms with van der Waals surface area (Å²) in [6.45, 7) is 0.466. The van der Waals surface area contributed by atoms with E-state index in [1.807, 2.05) is 24.3 Å². The van der Waals surface area contributed by atoms with Gasteiger partial charge in [-0.3, -0.25) is 4.79 Å². The van der Waals surface area contributed by atoms with E-state index in [4.69, 9.17) is 4.74 Å². The van der Waals surface area contributed by atoms with Crippen LogP contribution in [0.25, 0.3) is 11.1 Å². The van der Waals surface area contributed by atoms with Crippen molar-refractivity contribution in [3.05, 3.63) is 86.3 Å². The first-order chi connectivity index (χ1) is 16.8. The van der Waals surface area contributed by atoms with Crippen LogP contribution < -0.4 is 10.6 Å². The van der Waals surface area contributed by atoms with Gasteiger partial charge in [0.15, 0.2) is 0 Å². The van der Waals surface area contributed by atoms with Crippen molar-refractivity contribution in [2.24, 2.45) is 0 Å². The maximum absolute atomic E-state index is 12.3. The molecule has 2 amide bonds. The Bertz CT molecular complexity index is 1250. The molecule has 0 spiro atoms. The molecule has 3 N–H and O–H groups in total. The lowest BCUT2D eigenvalue weighted by atomic mass is 9.98. The number of alkyl carbamates (subject to hydrolysis) is 1. The van der Waals surface area contributed by atoms with E-state index >= 15 is 0 Å². The van der Waals surface area contributed by atoms with Crippen molar-refractivity contribution in [3.63, 3.8) is 0 Å².